The summed E-state index contributed by atoms with van der Waals surface area (Å²) in [6.07, 6.45) is 3.38. The largest absolute Gasteiger partial charge is 0.496 e. The number of methoxy groups -OCH3 is 1. The summed E-state index contributed by atoms with van der Waals surface area (Å²) in [6, 6.07) is 14.0. The molecule has 1 saturated heterocycles. The van der Waals surface area contributed by atoms with Gasteiger partial charge in [-0.3, -0.25) is 15.0 Å². The van der Waals surface area contributed by atoms with Gasteiger partial charge in [0.2, 0.25) is 0 Å². The molecule has 2 amide bonds. The van der Waals surface area contributed by atoms with E-state index in [1.807, 2.05) is 12.1 Å². The average Bonchev–Trinajstić information content (AvgIpc) is 3.00. The Kier molecular flexibility index (Phi) is 6.69. The van der Waals surface area contributed by atoms with Crippen LogP contribution in [0.25, 0.3) is 6.08 Å². The second-order valence-corrected chi connectivity index (χ2v) is 7.50. The van der Waals surface area contributed by atoms with E-state index in [9.17, 15) is 9.59 Å². The summed E-state index contributed by atoms with van der Waals surface area (Å²) in [7, 11) is 1.47. The summed E-state index contributed by atoms with van der Waals surface area (Å²) in [5.74, 6) is 0.238. The van der Waals surface area contributed by atoms with Gasteiger partial charge in [-0.1, -0.05) is 48.7 Å². The molecule has 148 valence electrons. The van der Waals surface area contributed by atoms with Gasteiger partial charge in [-0.05, 0) is 48.1 Å². The zero-order chi connectivity index (χ0) is 20.8. The Morgan fingerprint density at radius 3 is 2.66 bits per heavy atom. The van der Waals surface area contributed by atoms with Crippen LogP contribution in [0.5, 0.6) is 11.5 Å². The second-order valence-electron chi connectivity index (χ2n) is 5.83. The van der Waals surface area contributed by atoms with Crippen LogP contribution in [-0.4, -0.2) is 34.9 Å². The van der Waals surface area contributed by atoms with E-state index >= 15 is 0 Å². The third-order valence-corrected chi connectivity index (χ3v) is 5.21. The first-order chi connectivity index (χ1) is 14.0. The van der Waals surface area contributed by atoms with E-state index in [0.717, 1.165) is 22.3 Å². The number of ether oxygens (including phenoxy) is 2. The lowest BCUT2D eigenvalue weighted by Crippen LogP contribution is -2.44. The zero-order valence-electron chi connectivity index (χ0n) is 15.6. The lowest BCUT2D eigenvalue weighted by atomic mass is 10.2. The number of hydrazine groups is 1. The quantitative estimate of drug-likeness (QED) is 0.413. The molecule has 1 heterocycles. The smallest absolute Gasteiger partial charge is 0.285 e. The van der Waals surface area contributed by atoms with Crippen molar-refractivity contribution in [3.8, 4) is 11.5 Å². The monoisotopic (exact) mass is 426 g/mol. The molecule has 1 N–H and O–H groups in total. The maximum absolute atomic E-state index is 12.7. The molecule has 1 aliphatic rings. The highest BCUT2D eigenvalue weighted by atomic mass is 32.2. The molecular formula is C21H18N2O4S2. The van der Waals surface area contributed by atoms with Gasteiger partial charge in [-0.2, -0.15) is 5.01 Å². The first kappa shape index (κ1) is 20.6. The molecule has 6 nitrogen and oxygen atoms in total. The first-order valence-corrected chi connectivity index (χ1v) is 9.81. The van der Waals surface area contributed by atoms with Gasteiger partial charge in [-0.15, -0.1) is 0 Å². The van der Waals surface area contributed by atoms with Gasteiger partial charge in [0.25, 0.3) is 11.8 Å². The fourth-order valence-corrected chi connectivity index (χ4v) is 3.70. The average molecular weight is 427 g/mol. The van der Waals surface area contributed by atoms with Crippen molar-refractivity contribution < 1.29 is 19.1 Å². The molecule has 0 saturated carbocycles. The van der Waals surface area contributed by atoms with Crippen LogP contribution in [0.1, 0.15) is 15.9 Å². The van der Waals surface area contributed by atoms with E-state index in [1.165, 1.54) is 7.11 Å². The minimum atomic E-state index is -0.483. The fraction of sp³-hybridized carbons (Fsp3) is 0.0952. The number of carbonyl (C=O) groups excluding carboxylic acids is 2. The SMILES string of the molecule is C=CCOc1ccc(C=C2SC(=S)N(NC(=O)c3ccccc3OC)C2=O)cc1. The van der Waals surface area contributed by atoms with Gasteiger partial charge in [0.05, 0.1) is 17.6 Å². The normalized spacial score (nSPS) is 14.8. The lowest BCUT2D eigenvalue weighted by Gasteiger charge is -2.16. The standard InChI is InChI=1S/C21H18N2O4S2/c1-3-12-27-15-10-8-14(9-11-15)13-18-20(25)23(21(28)29-18)22-19(24)16-6-4-5-7-17(16)26-2/h3-11,13H,1,12H2,2H3,(H,22,24). The minimum absolute atomic E-state index is 0.246. The van der Waals surface area contributed by atoms with Crippen LogP contribution in [0.3, 0.4) is 0 Å². The van der Waals surface area contributed by atoms with E-state index < -0.39 is 11.8 Å². The summed E-state index contributed by atoms with van der Waals surface area (Å²) in [5, 5.41) is 1.07. The molecule has 0 aromatic heterocycles. The lowest BCUT2D eigenvalue weighted by molar-refractivity contribution is -0.123. The van der Waals surface area contributed by atoms with Gasteiger partial charge in [-0.25, -0.2) is 0 Å². The van der Waals surface area contributed by atoms with Gasteiger partial charge in [0.1, 0.15) is 18.1 Å². The molecule has 3 rings (SSSR count). The fourth-order valence-electron chi connectivity index (χ4n) is 2.52. The number of thiocarbonyl (C=S) groups is 1. The number of carbonyl (C=O) groups is 2. The number of hydrogen-bond acceptors (Lipinski definition) is 6. The molecule has 0 atom stereocenters. The molecule has 2 aromatic carbocycles. The molecule has 29 heavy (non-hydrogen) atoms. The second kappa shape index (κ2) is 9.40. The molecule has 0 radical (unpaired) electrons. The zero-order valence-corrected chi connectivity index (χ0v) is 17.2. The highest BCUT2D eigenvalue weighted by Crippen LogP contribution is 2.32. The van der Waals surface area contributed by atoms with E-state index in [0.29, 0.717) is 28.6 Å². The summed E-state index contributed by atoms with van der Waals surface area (Å²) >= 11 is 6.38. The van der Waals surface area contributed by atoms with Crippen LogP contribution in [0.4, 0.5) is 0 Å². The van der Waals surface area contributed by atoms with Crippen LogP contribution >= 0.6 is 24.0 Å². The van der Waals surface area contributed by atoms with E-state index in [2.05, 4.69) is 12.0 Å². The minimum Gasteiger partial charge on any atom is -0.496 e. The molecule has 0 aliphatic carbocycles. The van der Waals surface area contributed by atoms with Crippen LogP contribution in [0.15, 0.2) is 66.1 Å². The molecule has 0 spiro atoms. The molecular weight excluding hydrogens is 408 g/mol. The predicted molar refractivity (Wildman–Crippen MR) is 118 cm³/mol. The number of nitrogens with one attached hydrogen (secondary N) is 1. The van der Waals surface area contributed by atoms with E-state index in [1.54, 1.807) is 48.6 Å². The van der Waals surface area contributed by atoms with Gasteiger partial charge >= 0.3 is 0 Å². The Labute approximate surface area is 178 Å². The van der Waals surface area contributed by atoms with Crippen molar-refractivity contribution in [3.05, 3.63) is 77.2 Å². The molecule has 0 bridgehead atoms. The number of benzene rings is 2. The highest BCUT2D eigenvalue weighted by Gasteiger charge is 2.34. The number of para-hydroxylation sites is 1. The third-order valence-electron chi connectivity index (χ3n) is 3.90. The van der Waals surface area contributed by atoms with Crippen molar-refractivity contribution in [1.29, 1.82) is 0 Å². The Morgan fingerprint density at radius 1 is 1.24 bits per heavy atom. The van der Waals surface area contributed by atoms with Crippen molar-refractivity contribution in [3.63, 3.8) is 0 Å². The number of hydrogen-bond donors (Lipinski definition) is 1. The summed E-state index contributed by atoms with van der Waals surface area (Å²) < 4.78 is 10.9. The Morgan fingerprint density at radius 2 is 1.97 bits per heavy atom. The van der Waals surface area contributed by atoms with Crippen molar-refractivity contribution in [2.24, 2.45) is 0 Å². The maximum Gasteiger partial charge on any atom is 0.285 e. The van der Waals surface area contributed by atoms with E-state index in [4.69, 9.17) is 21.7 Å². The van der Waals surface area contributed by atoms with Crippen LogP contribution in [0.2, 0.25) is 0 Å². The Bertz CT molecular complexity index is 986. The predicted octanol–water partition coefficient (Wildman–Crippen LogP) is 3.81. The van der Waals surface area contributed by atoms with Crippen LogP contribution < -0.4 is 14.9 Å². The Balaban J connectivity index is 1.73. The summed E-state index contributed by atoms with van der Waals surface area (Å²) in [4.78, 5) is 25.7. The first-order valence-electron chi connectivity index (χ1n) is 8.59. The topological polar surface area (TPSA) is 67.9 Å². The van der Waals surface area contributed by atoms with Gasteiger partial charge < -0.3 is 9.47 Å². The molecule has 2 aromatic rings. The van der Waals surface area contributed by atoms with Crippen molar-refractivity contribution in [2.45, 2.75) is 0 Å². The van der Waals surface area contributed by atoms with Crippen LogP contribution in [-0.2, 0) is 4.79 Å². The molecule has 1 aliphatic heterocycles. The number of nitrogens with zero attached hydrogens (tertiary/aromatic N) is 1. The van der Waals surface area contributed by atoms with Crippen molar-refractivity contribution in [2.75, 3.05) is 13.7 Å². The number of thioether (sulfide) groups is 1. The van der Waals surface area contributed by atoms with Crippen molar-refractivity contribution in [1.82, 2.24) is 10.4 Å². The van der Waals surface area contributed by atoms with E-state index in [-0.39, 0.29) is 4.32 Å². The number of amides is 2. The van der Waals surface area contributed by atoms with Crippen molar-refractivity contribution >= 4 is 46.2 Å². The number of rotatable bonds is 7. The molecule has 8 heteroatoms. The molecule has 1 fully saturated rings. The molecule has 0 unspecified atom stereocenters. The van der Waals surface area contributed by atoms with Crippen LogP contribution in [0, 0.1) is 0 Å². The summed E-state index contributed by atoms with van der Waals surface area (Å²) in [5.41, 5.74) is 3.67. The van der Waals surface area contributed by atoms with Gasteiger partial charge in [0, 0.05) is 0 Å². The Hall–Kier alpha value is -3.10. The van der Waals surface area contributed by atoms with Gasteiger partial charge in [0.15, 0.2) is 4.32 Å². The third kappa shape index (κ3) is 4.85. The maximum atomic E-state index is 12.7. The summed E-state index contributed by atoms with van der Waals surface area (Å²) in [6.45, 7) is 4.03. The highest BCUT2D eigenvalue weighted by molar-refractivity contribution is 8.26.